The number of hydrogen-bond acceptors (Lipinski definition) is 5. The van der Waals surface area contributed by atoms with Crippen molar-refractivity contribution >= 4 is 26.0 Å². The number of rotatable bonds is 4. The van der Waals surface area contributed by atoms with Crippen molar-refractivity contribution in [3.8, 4) is 0 Å². The molecule has 0 amide bonds. The van der Waals surface area contributed by atoms with Crippen LogP contribution in [0.4, 0.5) is 0 Å². The number of ether oxygens (including phenoxy) is 2. The fourth-order valence-corrected chi connectivity index (χ4v) is 3.56. The smallest absolute Gasteiger partial charge is 0.166 e. The molecule has 1 unspecified atom stereocenters. The Morgan fingerprint density at radius 1 is 1.03 bits per heavy atom. The van der Waals surface area contributed by atoms with Crippen molar-refractivity contribution in [3.63, 3.8) is 0 Å². The average molecular weight is 522 g/mol. The molecule has 1 fully saturated rings. The topological polar surface area (TPSA) is 89.8 Å². The maximum atomic E-state index is 10.4. The number of benzene rings is 2. The van der Waals surface area contributed by atoms with Crippen LogP contribution in [0.3, 0.4) is 0 Å². The minimum absolute atomic E-state index is 0.00847. The average Bonchev–Trinajstić information content (AvgIpc) is 2.81. The van der Waals surface area contributed by atoms with E-state index in [1.54, 1.807) is 12.1 Å². The molecule has 2 aromatic carbocycles. The number of nitrogens with one attached hydrogen (secondary N) is 1. The van der Waals surface area contributed by atoms with Gasteiger partial charge in [0.1, 0.15) is 10.1 Å². The van der Waals surface area contributed by atoms with Gasteiger partial charge in [-0.15, -0.1) is 0 Å². The normalized spacial score (nSPS) is 15.5. The van der Waals surface area contributed by atoms with Crippen molar-refractivity contribution in [3.05, 3.63) is 94.7 Å². The van der Waals surface area contributed by atoms with Gasteiger partial charge in [-0.25, -0.2) is 13.4 Å². The van der Waals surface area contributed by atoms with E-state index in [-0.39, 0.29) is 11.2 Å². The molecule has 3 aromatic rings. The van der Waals surface area contributed by atoms with E-state index in [2.05, 4.69) is 27.0 Å². The lowest BCUT2D eigenvalue weighted by Crippen LogP contribution is -2.22. The molecule has 0 saturated carbocycles. The first-order valence-electron chi connectivity index (χ1n) is 10.3. The lowest BCUT2D eigenvalue weighted by molar-refractivity contribution is -0.377. The van der Waals surface area contributed by atoms with Crippen molar-refractivity contribution < 1.29 is 27.4 Å². The molecule has 0 spiro atoms. The molecule has 4 rings (SSSR count). The summed E-state index contributed by atoms with van der Waals surface area (Å²) in [6, 6.07) is 19.8. The molecule has 0 bridgehead atoms. The van der Waals surface area contributed by atoms with Crippen LogP contribution in [-0.2, 0) is 26.2 Å². The maximum absolute atomic E-state index is 10.4. The van der Waals surface area contributed by atoms with Crippen LogP contribution in [0.2, 0.25) is 0 Å². The number of hydrogen-bond donors (Lipinski definition) is 0. The van der Waals surface area contributed by atoms with Gasteiger partial charge in [0.2, 0.25) is 0 Å². The third-order valence-electron chi connectivity index (χ3n) is 4.44. The molecule has 8 heteroatoms. The minimum Gasteiger partial charge on any atom is -0.744 e. The fourth-order valence-electron chi connectivity index (χ4n) is 2.69. The van der Waals surface area contributed by atoms with E-state index in [4.69, 9.17) is 9.47 Å². The molecule has 1 aliphatic heterocycles. The molecule has 6 nitrogen and oxygen atoms in total. The Balaban J connectivity index is 0.000000187. The van der Waals surface area contributed by atoms with Gasteiger partial charge in [-0.1, -0.05) is 57.9 Å². The van der Waals surface area contributed by atoms with Crippen LogP contribution in [0.5, 0.6) is 0 Å². The van der Waals surface area contributed by atoms with E-state index in [0.29, 0.717) is 6.61 Å². The zero-order valence-electron chi connectivity index (χ0n) is 17.9. The van der Waals surface area contributed by atoms with Crippen LogP contribution in [0.15, 0.2) is 88.5 Å². The highest BCUT2D eigenvalue weighted by atomic mass is 79.9. The van der Waals surface area contributed by atoms with Crippen molar-refractivity contribution in [2.75, 3.05) is 6.61 Å². The summed E-state index contributed by atoms with van der Waals surface area (Å²) in [5.74, 6) is 0. The number of aryl methyl sites for hydroxylation is 1. The predicted molar refractivity (Wildman–Crippen MR) is 125 cm³/mol. The van der Waals surface area contributed by atoms with Gasteiger partial charge in [0.05, 0.1) is 11.5 Å². The van der Waals surface area contributed by atoms with Gasteiger partial charge >= 0.3 is 0 Å². The summed E-state index contributed by atoms with van der Waals surface area (Å²) >= 11 is 3.50. The molecule has 1 N–H and O–H groups in total. The van der Waals surface area contributed by atoms with Crippen LogP contribution < -0.4 is 4.98 Å². The van der Waals surface area contributed by atoms with E-state index in [1.165, 1.54) is 24.1 Å². The Morgan fingerprint density at radius 2 is 1.72 bits per heavy atom. The van der Waals surface area contributed by atoms with Crippen LogP contribution in [0, 0.1) is 6.92 Å². The van der Waals surface area contributed by atoms with Gasteiger partial charge in [0.25, 0.3) is 0 Å². The summed E-state index contributed by atoms with van der Waals surface area (Å²) in [4.78, 5) is 2.71. The lowest BCUT2D eigenvalue weighted by Gasteiger charge is -2.22. The molecule has 2 heterocycles. The van der Waals surface area contributed by atoms with Crippen LogP contribution >= 0.6 is 15.9 Å². The van der Waals surface area contributed by atoms with Gasteiger partial charge in [0.15, 0.2) is 18.7 Å². The van der Waals surface area contributed by atoms with Crippen LogP contribution in [-0.4, -0.2) is 25.9 Å². The molecule has 1 saturated heterocycles. The van der Waals surface area contributed by atoms with Crippen molar-refractivity contribution in [1.82, 2.24) is 0 Å². The Morgan fingerprint density at radius 3 is 2.22 bits per heavy atom. The summed E-state index contributed by atoms with van der Waals surface area (Å²) in [7, 11) is -4.27. The maximum Gasteiger partial charge on any atom is 0.166 e. The predicted octanol–water partition coefficient (Wildman–Crippen LogP) is 4.89. The Hall–Kier alpha value is -2.10. The standard InChI is InChI=1S/C12H15BrO2.C7H8O3S.C5H5N/c13-11-6-2-1-5-10(11)9-15-12-7-3-4-8-14-12;1-6-2-4-7(5-3-6)11(8,9)10;1-2-4-6-5-3-1/h1-2,5-6,12H,3-4,7-9H2;2-5H,1H3,(H,8,9,10);1-5H. The Labute approximate surface area is 198 Å². The summed E-state index contributed by atoms with van der Waals surface area (Å²) in [6.07, 6.45) is 7.13. The van der Waals surface area contributed by atoms with E-state index in [1.807, 2.05) is 55.7 Å². The Bertz CT molecular complexity index is 981. The second-order valence-corrected chi connectivity index (χ2v) is 9.28. The minimum atomic E-state index is -4.27. The highest BCUT2D eigenvalue weighted by Crippen LogP contribution is 2.20. The molecule has 1 atom stereocenters. The number of pyridine rings is 1. The first-order chi connectivity index (χ1) is 15.4. The Kier molecular flexibility index (Phi) is 11.5. The first-order valence-corrected chi connectivity index (χ1v) is 12.5. The monoisotopic (exact) mass is 521 g/mol. The SMILES string of the molecule is Brc1ccccc1COC1CCCCO1.Cc1ccc(S(=O)(=O)[O-])cc1.c1cc[nH+]cc1. The third-order valence-corrected chi connectivity index (χ3v) is 6.06. The molecule has 1 aromatic heterocycles. The second kappa shape index (κ2) is 14.1. The molecule has 1 aliphatic rings. The summed E-state index contributed by atoms with van der Waals surface area (Å²) in [5.41, 5.74) is 2.10. The van der Waals surface area contributed by atoms with E-state index in [0.717, 1.165) is 29.5 Å². The highest BCUT2D eigenvalue weighted by molar-refractivity contribution is 9.10. The highest BCUT2D eigenvalue weighted by Gasteiger charge is 2.14. The summed E-state index contributed by atoms with van der Waals surface area (Å²) < 4.78 is 43.5. The second-order valence-electron chi connectivity index (χ2n) is 7.04. The van der Waals surface area contributed by atoms with Crippen LogP contribution in [0.1, 0.15) is 30.4 Å². The molecule has 0 aliphatic carbocycles. The molecular formula is C24H28BrNO5S. The van der Waals surface area contributed by atoms with E-state index >= 15 is 0 Å². The molecule has 172 valence electrons. The first kappa shape index (κ1) is 26.2. The number of aromatic nitrogens is 1. The van der Waals surface area contributed by atoms with E-state index < -0.39 is 10.1 Å². The quantitative estimate of drug-likeness (QED) is 0.455. The summed E-state index contributed by atoms with van der Waals surface area (Å²) in [6.45, 7) is 3.27. The molecule has 0 radical (unpaired) electrons. The lowest BCUT2D eigenvalue weighted by atomic mass is 10.2. The zero-order chi connectivity index (χ0) is 23.2. The zero-order valence-corrected chi connectivity index (χ0v) is 20.3. The van der Waals surface area contributed by atoms with Crippen molar-refractivity contribution in [2.45, 2.75) is 44.0 Å². The van der Waals surface area contributed by atoms with Crippen molar-refractivity contribution in [1.29, 1.82) is 0 Å². The number of H-pyrrole nitrogens is 1. The van der Waals surface area contributed by atoms with Gasteiger partial charge in [-0.3, -0.25) is 0 Å². The largest absolute Gasteiger partial charge is 0.744 e. The van der Waals surface area contributed by atoms with Crippen LogP contribution in [0.25, 0.3) is 0 Å². The molecular weight excluding hydrogens is 494 g/mol. The van der Waals surface area contributed by atoms with Gasteiger partial charge < -0.3 is 14.0 Å². The van der Waals surface area contributed by atoms with Gasteiger partial charge in [0, 0.05) is 23.2 Å². The molecule has 32 heavy (non-hydrogen) atoms. The fraction of sp³-hybridized carbons (Fsp3) is 0.292. The van der Waals surface area contributed by atoms with Crippen molar-refractivity contribution in [2.24, 2.45) is 0 Å². The number of aromatic amines is 1. The van der Waals surface area contributed by atoms with E-state index in [9.17, 15) is 13.0 Å². The van der Waals surface area contributed by atoms with Gasteiger partial charge in [-0.05, 0) is 49.9 Å². The number of halogens is 1. The summed E-state index contributed by atoms with van der Waals surface area (Å²) in [5, 5.41) is 0. The third kappa shape index (κ3) is 10.5. The van der Waals surface area contributed by atoms with Gasteiger partial charge in [-0.2, -0.15) is 0 Å².